The molecule has 19 heavy (non-hydrogen) atoms. The summed E-state index contributed by atoms with van der Waals surface area (Å²) in [5, 5.41) is 4.31. The molecule has 0 saturated heterocycles. The van der Waals surface area contributed by atoms with Gasteiger partial charge in [0.05, 0.1) is 29.7 Å². The second kappa shape index (κ2) is 5.44. The summed E-state index contributed by atoms with van der Waals surface area (Å²) in [7, 11) is 1.63. The van der Waals surface area contributed by atoms with Gasteiger partial charge in [0.15, 0.2) is 0 Å². The van der Waals surface area contributed by atoms with Crippen molar-refractivity contribution in [3.63, 3.8) is 0 Å². The van der Waals surface area contributed by atoms with Gasteiger partial charge in [0.1, 0.15) is 5.75 Å². The number of rotatable bonds is 3. The minimum Gasteiger partial charge on any atom is -0.495 e. The molecule has 2 aromatic rings. The van der Waals surface area contributed by atoms with Crippen LogP contribution >= 0.6 is 15.9 Å². The molecule has 100 valence electrons. The van der Waals surface area contributed by atoms with Gasteiger partial charge in [-0.25, -0.2) is 9.66 Å². The summed E-state index contributed by atoms with van der Waals surface area (Å²) in [6, 6.07) is 3.94. The maximum absolute atomic E-state index is 5.74. The van der Waals surface area contributed by atoms with E-state index in [1.165, 1.54) is 4.68 Å². The summed E-state index contributed by atoms with van der Waals surface area (Å²) >= 11 is 3.46. The molecule has 0 radical (unpaired) electrons. The van der Waals surface area contributed by atoms with Gasteiger partial charge in [-0.1, -0.05) is 6.07 Å². The fraction of sp³-hybridized carbons (Fsp3) is 0.231. The Morgan fingerprint density at radius 1 is 1.42 bits per heavy atom. The second-order valence-corrected chi connectivity index (χ2v) is 5.00. The van der Waals surface area contributed by atoms with E-state index in [-0.39, 0.29) is 0 Å². The van der Waals surface area contributed by atoms with Crippen LogP contribution in [0, 0.1) is 13.8 Å². The zero-order chi connectivity index (χ0) is 14.0. The Hall–Kier alpha value is -1.82. The standard InChI is InChI=1S/C13H15BrN4O/c1-8-4-5-11(14)12(19-3)10(8)6-16-18-7-9(2)17-13(18)15/h4-7H,1-3H3,(H2,15,17). The van der Waals surface area contributed by atoms with Crippen molar-refractivity contribution in [2.75, 3.05) is 12.8 Å². The highest BCUT2D eigenvalue weighted by atomic mass is 79.9. The SMILES string of the molecule is COc1c(Br)ccc(C)c1C=Nn1cc(C)nc1N. The lowest BCUT2D eigenvalue weighted by atomic mass is 10.1. The highest BCUT2D eigenvalue weighted by molar-refractivity contribution is 9.10. The van der Waals surface area contributed by atoms with E-state index >= 15 is 0 Å². The van der Waals surface area contributed by atoms with Crippen molar-refractivity contribution in [3.8, 4) is 5.75 Å². The van der Waals surface area contributed by atoms with Crippen LogP contribution in [0.5, 0.6) is 5.75 Å². The maximum atomic E-state index is 5.74. The summed E-state index contributed by atoms with van der Waals surface area (Å²) in [6.07, 6.45) is 3.49. The zero-order valence-electron chi connectivity index (χ0n) is 11.0. The summed E-state index contributed by atoms with van der Waals surface area (Å²) < 4.78 is 7.81. The van der Waals surface area contributed by atoms with E-state index < -0.39 is 0 Å². The van der Waals surface area contributed by atoms with Gasteiger partial charge in [0.25, 0.3) is 0 Å². The molecule has 0 fully saturated rings. The van der Waals surface area contributed by atoms with Crippen LogP contribution in [0.1, 0.15) is 16.8 Å². The molecular formula is C13H15BrN4O. The van der Waals surface area contributed by atoms with Crippen LogP contribution in [0.3, 0.4) is 0 Å². The molecule has 2 rings (SSSR count). The van der Waals surface area contributed by atoms with E-state index in [9.17, 15) is 0 Å². The quantitative estimate of drug-likeness (QED) is 0.883. The van der Waals surface area contributed by atoms with E-state index in [4.69, 9.17) is 10.5 Å². The molecule has 0 aliphatic heterocycles. The number of anilines is 1. The maximum Gasteiger partial charge on any atom is 0.221 e. The van der Waals surface area contributed by atoms with E-state index in [0.717, 1.165) is 27.0 Å². The lowest BCUT2D eigenvalue weighted by molar-refractivity contribution is 0.411. The van der Waals surface area contributed by atoms with Gasteiger partial charge in [-0.05, 0) is 41.4 Å². The predicted molar refractivity (Wildman–Crippen MR) is 79.8 cm³/mol. The van der Waals surface area contributed by atoms with Gasteiger partial charge in [-0.3, -0.25) is 0 Å². The number of aryl methyl sites for hydroxylation is 2. The van der Waals surface area contributed by atoms with Gasteiger partial charge in [0, 0.05) is 5.56 Å². The van der Waals surface area contributed by atoms with Crippen LogP contribution in [-0.4, -0.2) is 23.0 Å². The fourth-order valence-electron chi connectivity index (χ4n) is 1.76. The van der Waals surface area contributed by atoms with Crippen molar-refractivity contribution < 1.29 is 4.74 Å². The van der Waals surface area contributed by atoms with Crippen LogP contribution in [0.25, 0.3) is 0 Å². The number of methoxy groups -OCH3 is 1. The molecule has 1 aromatic carbocycles. The van der Waals surface area contributed by atoms with E-state index in [1.54, 1.807) is 19.5 Å². The number of nitrogen functional groups attached to an aromatic ring is 1. The van der Waals surface area contributed by atoms with Gasteiger partial charge < -0.3 is 10.5 Å². The van der Waals surface area contributed by atoms with Crippen molar-refractivity contribution in [3.05, 3.63) is 39.6 Å². The molecule has 2 N–H and O–H groups in total. The number of imidazole rings is 1. The summed E-state index contributed by atoms with van der Waals surface area (Å²) in [5.74, 6) is 1.11. The highest BCUT2D eigenvalue weighted by Gasteiger charge is 2.09. The average molecular weight is 323 g/mol. The third kappa shape index (κ3) is 2.78. The van der Waals surface area contributed by atoms with E-state index in [0.29, 0.717) is 5.95 Å². The zero-order valence-corrected chi connectivity index (χ0v) is 12.6. The smallest absolute Gasteiger partial charge is 0.221 e. The molecule has 0 bridgehead atoms. The van der Waals surface area contributed by atoms with Crippen LogP contribution in [0.15, 0.2) is 27.9 Å². The first-order valence-electron chi connectivity index (χ1n) is 5.72. The first-order chi connectivity index (χ1) is 9.02. The van der Waals surface area contributed by atoms with Crippen LogP contribution < -0.4 is 10.5 Å². The number of ether oxygens (including phenoxy) is 1. The normalized spacial score (nSPS) is 11.2. The number of halogens is 1. The van der Waals surface area contributed by atoms with Gasteiger partial charge >= 0.3 is 0 Å². The molecule has 0 aliphatic carbocycles. The Morgan fingerprint density at radius 2 is 2.16 bits per heavy atom. The van der Waals surface area contributed by atoms with Crippen LogP contribution in [0.4, 0.5) is 5.95 Å². The molecule has 6 heteroatoms. The molecule has 0 spiro atoms. The molecule has 1 heterocycles. The van der Waals surface area contributed by atoms with E-state index in [1.807, 2.05) is 26.0 Å². The average Bonchev–Trinajstić information content (AvgIpc) is 2.68. The molecule has 0 unspecified atom stereocenters. The third-order valence-corrected chi connectivity index (χ3v) is 3.34. The van der Waals surface area contributed by atoms with Crippen LogP contribution in [0.2, 0.25) is 0 Å². The third-order valence-electron chi connectivity index (χ3n) is 2.72. The molecule has 0 saturated carbocycles. The van der Waals surface area contributed by atoms with Crippen molar-refractivity contribution >= 4 is 28.1 Å². The molecule has 5 nitrogen and oxygen atoms in total. The number of nitrogens with two attached hydrogens (primary N) is 1. The van der Waals surface area contributed by atoms with Crippen molar-refractivity contribution in [2.45, 2.75) is 13.8 Å². The summed E-state index contributed by atoms with van der Waals surface area (Å²) in [5.41, 5.74) is 8.54. The lowest BCUT2D eigenvalue weighted by Gasteiger charge is -2.09. The topological polar surface area (TPSA) is 65.4 Å². The number of hydrogen-bond donors (Lipinski definition) is 1. The molecular weight excluding hydrogens is 308 g/mol. The van der Waals surface area contributed by atoms with Gasteiger partial charge in [-0.15, -0.1) is 0 Å². The Bertz CT molecular complexity index is 634. The summed E-state index contributed by atoms with van der Waals surface area (Å²) in [4.78, 5) is 4.09. The Morgan fingerprint density at radius 3 is 2.74 bits per heavy atom. The van der Waals surface area contributed by atoms with Crippen molar-refractivity contribution in [1.29, 1.82) is 0 Å². The monoisotopic (exact) mass is 322 g/mol. The Balaban J connectivity index is 2.43. The second-order valence-electron chi connectivity index (χ2n) is 4.14. The number of aromatic nitrogens is 2. The fourth-order valence-corrected chi connectivity index (χ4v) is 2.26. The van der Waals surface area contributed by atoms with E-state index in [2.05, 4.69) is 26.0 Å². The van der Waals surface area contributed by atoms with Crippen molar-refractivity contribution in [2.24, 2.45) is 5.10 Å². The largest absolute Gasteiger partial charge is 0.495 e. The molecule has 1 aromatic heterocycles. The molecule has 0 aliphatic rings. The van der Waals surface area contributed by atoms with Crippen LogP contribution in [-0.2, 0) is 0 Å². The molecule has 0 amide bonds. The minimum atomic E-state index is 0.361. The highest BCUT2D eigenvalue weighted by Crippen LogP contribution is 2.30. The summed E-state index contributed by atoms with van der Waals surface area (Å²) in [6.45, 7) is 3.87. The van der Waals surface area contributed by atoms with Crippen molar-refractivity contribution in [1.82, 2.24) is 9.66 Å². The first-order valence-corrected chi connectivity index (χ1v) is 6.51. The number of benzene rings is 1. The van der Waals surface area contributed by atoms with Gasteiger partial charge in [-0.2, -0.15) is 5.10 Å². The number of nitrogens with zero attached hydrogens (tertiary/aromatic N) is 3. The first kappa shape index (κ1) is 13.6. The molecule has 0 atom stereocenters. The lowest BCUT2D eigenvalue weighted by Crippen LogP contribution is -1.99. The minimum absolute atomic E-state index is 0.361. The predicted octanol–water partition coefficient (Wildman–Crippen LogP) is 2.74. The Kier molecular flexibility index (Phi) is 3.90. The Labute approximate surface area is 120 Å². The van der Waals surface area contributed by atoms with Gasteiger partial charge in [0.2, 0.25) is 5.95 Å². The number of hydrogen-bond acceptors (Lipinski definition) is 4.